The Bertz CT molecular complexity index is 1500. The summed E-state index contributed by atoms with van der Waals surface area (Å²) in [5, 5.41) is 0. The molecule has 0 bridgehead atoms. The van der Waals surface area contributed by atoms with Gasteiger partial charge >= 0.3 is 11.9 Å². The topological polar surface area (TPSA) is 96.2 Å². The fourth-order valence-electron chi connectivity index (χ4n) is 3.88. The van der Waals surface area contributed by atoms with Crippen molar-refractivity contribution in [2.24, 2.45) is 4.99 Å². The number of aromatic nitrogens is 1. The molecule has 2 aromatic carbocycles. The molecule has 1 aromatic heterocycles. The van der Waals surface area contributed by atoms with Crippen molar-refractivity contribution in [3.63, 3.8) is 0 Å². The quantitative estimate of drug-likeness (QED) is 0.388. The van der Waals surface area contributed by atoms with Crippen LogP contribution in [0.2, 0.25) is 0 Å². The van der Waals surface area contributed by atoms with E-state index in [1.165, 1.54) is 22.8 Å². The van der Waals surface area contributed by atoms with Gasteiger partial charge in [0.15, 0.2) is 4.80 Å². The molecular weight excluding hydrogens is 468 g/mol. The van der Waals surface area contributed by atoms with Gasteiger partial charge in [-0.15, -0.1) is 0 Å². The molecule has 0 fully saturated rings. The van der Waals surface area contributed by atoms with Gasteiger partial charge in [-0.3, -0.25) is 14.2 Å². The highest BCUT2D eigenvalue weighted by Crippen LogP contribution is 2.31. The van der Waals surface area contributed by atoms with Crippen molar-refractivity contribution in [3.05, 3.63) is 90.6 Å². The molecule has 180 valence electrons. The van der Waals surface area contributed by atoms with E-state index in [2.05, 4.69) is 4.99 Å². The molecule has 0 saturated heterocycles. The van der Waals surface area contributed by atoms with Crippen LogP contribution >= 0.6 is 11.3 Å². The Morgan fingerprint density at radius 2 is 1.89 bits per heavy atom. The van der Waals surface area contributed by atoms with Gasteiger partial charge in [-0.05, 0) is 55.3 Å². The maximum Gasteiger partial charge on any atom is 0.338 e. The Morgan fingerprint density at radius 1 is 1.14 bits per heavy atom. The van der Waals surface area contributed by atoms with E-state index in [-0.39, 0.29) is 12.2 Å². The van der Waals surface area contributed by atoms with E-state index in [4.69, 9.17) is 14.2 Å². The van der Waals surface area contributed by atoms with Gasteiger partial charge < -0.3 is 14.2 Å². The molecule has 1 aliphatic rings. The average Bonchev–Trinajstić information content (AvgIpc) is 3.12. The fourth-order valence-corrected chi connectivity index (χ4v) is 4.92. The summed E-state index contributed by atoms with van der Waals surface area (Å²) in [6.45, 7) is 5.00. The van der Waals surface area contributed by atoms with Crippen molar-refractivity contribution in [3.8, 4) is 11.5 Å². The van der Waals surface area contributed by atoms with Crippen LogP contribution in [0.3, 0.4) is 0 Å². The third kappa shape index (κ3) is 4.95. The molecule has 0 N–H and O–H groups in total. The smallest absolute Gasteiger partial charge is 0.338 e. The molecule has 9 heteroatoms. The second-order valence-electron chi connectivity index (χ2n) is 7.74. The minimum absolute atomic E-state index is 0.202. The van der Waals surface area contributed by atoms with Crippen LogP contribution in [-0.2, 0) is 14.3 Å². The molecule has 1 aliphatic heterocycles. The SMILES string of the molecule is CCOC(=O)C1=C(C)N=c2sc(=Cc3cccc(OC(C)=O)c3)c(=O)n2C1c1ccc(OC)cc1. The minimum Gasteiger partial charge on any atom is -0.497 e. The lowest BCUT2D eigenvalue weighted by molar-refractivity contribution is -0.139. The Kier molecular flexibility index (Phi) is 6.97. The van der Waals surface area contributed by atoms with Crippen LogP contribution in [0, 0.1) is 0 Å². The van der Waals surface area contributed by atoms with Crippen molar-refractivity contribution in [1.82, 2.24) is 4.57 Å². The summed E-state index contributed by atoms with van der Waals surface area (Å²) >= 11 is 1.22. The third-order valence-electron chi connectivity index (χ3n) is 5.37. The first-order chi connectivity index (χ1) is 16.8. The first kappa shape index (κ1) is 24.2. The number of benzene rings is 2. The molecule has 2 heterocycles. The van der Waals surface area contributed by atoms with Gasteiger partial charge in [-0.2, -0.15) is 0 Å². The molecule has 0 aliphatic carbocycles. The summed E-state index contributed by atoms with van der Waals surface area (Å²) in [4.78, 5) is 42.9. The van der Waals surface area contributed by atoms with E-state index in [1.54, 1.807) is 63.4 Å². The standard InChI is InChI=1S/C26H24N2O6S/c1-5-33-25(31)22-15(2)27-26-28(23(22)18-9-11-19(32-4)12-10-18)24(30)21(35-26)14-17-7-6-8-20(13-17)34-16(3)29/h6-14,23H,5H2,1-4H3. The zero-order valence-electron chi connectivity index (χ0n) is 19.7. The van der Waals surface area contributed by atoms with Gasteiger partial charge in [0.25, 0.3) is 5.56 Å². The van der Waals surface area contributed by atoms with Crippen molar-refractivity contribution < 1.29 is 23.8 Å². The van der Waals surface area contributed by atoms with E-state index in [0.29, 0.717) is 37.7 Å². The number of allylic oxidation sites excluding steroid dienone is 1. The van der Waals surface area contributed by atoms with Gasteiger partial charge in [0.2, 0.25) is 0 Å². The average molecular weight is 493 g/mol. The molecule has 1 atom stereocenters. The van der Waals surface area contributed by atoms with Gasteiger partial charge in [-0.25, -0.2) is 9.79 Å². The van der Waals surface area contributed by atoms with Crippen LogP contribution in [0.4, 0.5) is 0 Å². The van der Waals surface area contributed by atoms with Gasteiger partial charge in [-0.1, -0.05) is 35.6 Å². The number of rotatable bonds is 6. The lowest BCUT2D eigenvalue weighted by Gasteiger charge is -2.24. The molecule has 0 radical (unpaired) electrons. The molecule has 0 saturated carbocycles. The highest BCUT2D eigenvalue weighted by Gasteiger charge is 2.33. The lowest BCUT2D eigenvalue weighted by atomic mass is 9.96. The predicted octanol–water partition coefficient (Wildman–Crippen LogP) is 2.73. The van der Waals surface area contributed by atoms with E-state index >= 15 is 0 Å². The van der Waals surface area contributed by atoms with Crippen molar-refractivity contribution in [2.75, 3.05) is 13.7 Å². The second kappa shape index (κ2) is 10.1. The van der Waals surface area contributed by atoms with Crippen molar-refractivity contribution >= 4 is 29.4 Å². The molecule has 0 spiro atoms. The van der Waals surface area contributed by atoms with Gasteiger partial charge in [0.1, 0.15) is 11.5 Å². The van der Waals surface area contributed by atoms with E-state index < -0.39 is 18.0 Å². The highest BCUT2D eigenvalue weighted by atomic mass is 32.1. The van der Waals surface area contributed by atoms with E-state index in [0.717, 1.165) is 5.56 Å². The number of hydrogen-bond donors (Lipinski definition) is 0. The largest absolute Gasteiger partial charge is 0.497 e. The maximum absolute atomic E-state index is 13.6. The Morgan fingerprint density at radius 3 is 2.54 bits per heavy atom. The Hall–Kier alpha value is -3.98. The number of esters is 2. The molecule has 0 amide bonds. The first-order valence-electron chi connectivity index (χ1n) is 10.9. The summed E-state index contributed by atoms with van der Waals surface area (Å²) < 4.78 is 17.7. The zero-order chi connectivity index (χ0) is 25.1. The van der Waals surface area contributed by atoms with Crippen molar-refractivity contribution in [1.29, 1.82) is 0 Å². The van der Waals surface area contributed by atoms with Crippen LogP contribution in [0.5, 0.6) is 11.5 Å². The summed E-state index contributed by atoms with van der Waals surface area (Å²) in [5.41, 5.74) is 1.94. The van der Waals surface area contributed by atoms with Crippen LogP contribution in [-0.4, -0.2) is 30.2 Å². The van der Waals surface area contributed by atoms with Crippen LogP contribution in [0.1, 0.15) is 37.9 Å². The van der Waals surface area contributed by atoms with Crippen LogP contribution < -0.4 is 24.4 Å². The normalized spacial score (nSPS) is 15.3. The second-order valence-corrected chi connectivity index (χ2v) is 8.75. The molecule has 1 unspecified atom stereocenters. The molecule has 35 heavy (non-hydrogen) atoms. The Balaban J connectivity index is 1.89. The first-order valence-corrected chi connectivity index (χ1v) is 11.8. The number of hydrogen-bond acceptors (Lipinski definition) is 8. The summed E-state index contributed by atoms with van der Waals surface area (Å²) in [5.74, 6) is 0.101. The molecular formula is C26H24N2O6S. The number of fused-ring (bicyclic) bond motifs is 1. The fraction of sp³-hybridized carbons (Fsp3) is 0.231. The number of methoxy groups -OCH3 is 1. The van der Waals surface area contributed by atoms with Gasteiger partial charge in [0.05, 0.1) is 35.6 Å². The number of nitrogens with zero attached hydrogens (tertiary/aromatic N) is 2. The van der Waals surface area contributed by atoms with Crippen LogP contribution in [0.15, 0.2) is 69.6 Å². The zero-order valence-corrected chi connectivity index (χ0v) is 20.5. The Labute approximate surface area is 205 Å². The third-order valence-corrected chi connectivity index (χ3v) is 6.35. The van der Waals surface area contributed by atoms with Crippen LogP contribution in [0.25, 0.3) is 6.08 Å². The number of ether oxygens (including phenoxy) is 3. The summed E-state index contributed by atoms with van der Waals surface area (Å²) in [6, 6.07) is 13.4. The maximum atomic E-state index is 13.6. The lowest BCUT2D eigenvalue weighted by Crippen LogP contribution is -2.39. The summed E-state index contributed by atoms with van der Waals surface area (Å²) in [7, 11) is 1.57. The summed E-state index contributed by atoms with van der Waals surface area (Å²) in [6.07, 6.45) is 1.71. The monoisotopic (exact) mass is 492 g/mol. The molecule has 3 aromatic rings. The van der Waals surface area contributed by atoms with E-state index in [9.17, 15) is 14.4 Å². The highest BCUT2D eigenvalue weighted by molar-refractivity contribution is 7.07. The number of thiazole rings is 1. The number of carbonyl (C=O) groups excluding carboxylic acids is 2. The predicted molar refractivity (Wildman–Crippen MR) is 131 cm³/mol. The molecule has 4 rings (SSSR count). The van der Waals surface area contributed by atoms with E-state index in [1.807, 2.05) is 12.1 Å². The van der Waals surface area contributed by atoms with Crippen molar-refractivity contribution in [2.45, 2.75) is 26.8 Å². The molecule has 8 nitrogen and oxygen atoms in total. The van der Waals surface area contributed by atoms with Gasteiger partial charge in [0, 0.05) is 6.92 Å². The minimum atomic E-state index is -0.703. The number of carbonyl (C=O) groups is 2.